The number of aromatic nitrogens is 1. The van der Waals surface area contributed by atoms with Gasteiger partial charge in [-0.3, -0.25) is 0 Å². The minimum Gasteiger partial charge on any atom is -0.481 e. The standard InChI is InChI=1S/C12H15NO5/c1-12(2,3)18-11(16)8-6-13-9(17-4)5-7(8)10(14)15/h5-6H,1-4H3,(H,14,15). The van der Waals surface area contributed by atoms with Gasteiger partial charge in [-0.2, -0.15) is 0 Å². The number of carboxylic acid groups (broad SMARTS) is 1. The Bertz CT molecular complexity index is 476. The highest BCUT2D eigenvalue weighted by Gasteiger charge is 2.23. The average Bonchev–Trinajstić information content (AvgIpc) is 2.25. The monoisotopic (exact) mass is 253 g/mol. The summed E-state index contributed by atoms with van der Waals surface area (Å²) in [6.07, 6.45) is 1.14. The molecular weight excluding hydrogens is 238 g/mol. The van der Waals surface area contributed by atoms with Gasteiger partial charge in [0.15, 0.2) is 0 Å². The maximum atomic E-state index is 11.8. The van der Waals surface area contributed by atoms with Crippen molar-refractivity contribution in [1.82, 2.24) is 4.98 Å². The van der Waals surface area contributed by atoms with E-state index >= 15 is 0 Å². The zero-order valence-corrected chi connectivity index (χ0v) is 10.7. The van der Waals surface area contributed by atoms with Crippen molar-refractivity contribution in [2.24, 2.45) is 0 Å². The molecule has 0 aliphatic carbocycles. The van der Waals surface area contributed by atoms with E-state index < -0.39 is 17.5 Å². The van der Waals surface area contributed by atoms with Gasteiger partial charge < -0.3 is 14.6 Å². The topological polar surface area (TPSA) is 85.7 Å². The number of rotatable bonds is 3. The fraction of sp³-hybridized carbons (Fsp3) is 0.417. The lowest BCUT2D eigenvalue weighted by Gasteiger charge is -2.19. The highest BCUT2D eigenvalue weighted by molar-refractivity contribution is 6.02. The van der Waals surface area contributed by atoms with Gasteiger partial charge in [-0.25, -0.2) is 14.6 Å². The largest absolute Gasteiger partial charge is 0.481 e. The van der Waals surface area contributed by atoms with Gasteiger partial charge in [-0.1, -0.05) is 0 Å². The first-order valence-corrected chi connectivity index (χ1v) is 5.25. The van der Waals surface area contributed by atoms with Crippen LogP contribution in [0, 0.1) is 0 Å². The van der Waals surface area contributed by atoms with E-state index in [-0.39, 0.29) is 17.0 Å². The van der Waals surface area contributed by atoms with Gasteiger partial charge in [0.25, 0.3) is 0 Å². The normalized spacial score (nSPS) is 10.9. The van der Waals surface area contributed by atoms with E-state index in [1.807, 2.05) is 0 Å². The first-order valence-electron chi connectivity index (χ1n) is 5.25. The molecule has 1 heterocycles. The smallest absolute Gasteiger partial charge is 0.341 e. The summed E-state index contributed by atoms with van der Waals surface area (Å²) in [5.74, 6) is -1.84. The van der Waals surface area contributed by atoms with Gasteiger partial charge in [-0.15, -0.1) is 0 Å². The van der Waals surface area contributed by atoms with E-state index in [2.05, 4.69) is 4.98 Å². The minimum absolute atomic E-state index is 0.0989. The first-order chi connectivity index (χ1) is 8.24. The number of carbonyl (C=O) groups is 2. The summed E-state index contributed by atoms with van der Waals surface area (Å²) in [7, 11) is 1.36. The molecule has 6 heteroatoms. The maximum Gasteiger partial charge on any atom is 0.341 e. The van der Waals surface area contributed by atoms with E-state index in [1.165, 1.54) is 13.2 Å². The molecule has 0 aromatic carbocycles. The summed E-state index contributed by atoms with van der Waals surface area (Å²) in [5, 5.41) is 9.04. The van der Waals surface area contributed by atoms with Crippen molar-refractivity contribution in [1.29, 1.82) is 0 Å². The Labute approximate surface area is 105 Å². The van der Waals surface area contributed by atoms with E-state index in [0.29, 0.717) is 0 Å². The molecule has 1 rings (SSSR count). The van der Waals surface area contributed by atoms with Crippen LogP contribution in [-0.4, -0.2) is 34.7 Å². The highest BCUT2D eigenvalue weighted by Crippen LogP contribution is 2.18. The second-order valence-electron chi connectivity index (χ2n) is 4.58. The second-order valence-corrected chi connectivity index (χ2v) is 4.58. The lowest BCUT2D eigenvalue weighted by atomic mass is 10.1. The molecule has 0 fully saturated rings. The Morgan fingerprint density at radius 3 is 2.33 bits per heavy atom. The Balaban J connectivity index is 3.16. The molecule has 0 saturated carbocycles. The number of aromatic carboxylic acids is 1. The molecule has 0 radical (unpaired) electrons. The Kier molecular flexibility index (Phi) is 3.90. The minimum atomic E-state index is -1.24. The van der Waals surface area contributed by atoms with Gasteiger partial charge in [-0.05, 0) is 20.8 Å². The Hall–Kier alpha value is -2.11. The zero-order valence-electron chi connectivity index (χ0n) is 10.7. The van der Waals surface area contributed by atoms with Gasteiger partial charge in [0.05, 0.1) is 18.2 Å². The molecule has 0 atom stereocenters. The van der Waals surface area contributed by atoms with Crippen LogP contribution in [0.4, 0.5) is 0 Å². The fourth-order valence-corrected chi connectivity index (χ4v) is 1.22. The summed E-state index contributed by atoms with van der Waals surface area (Å²) in [6, 6.07) is 1.18. The zero-order chi connectivity index (χ0) is 13.9. The van der Waals surface area contributed by atoms with E-state index in [0.717, 1.165) is 6.20 Å². The molecule has 18 heavy (non-hydrogen) atoms. The van der Waals surface area contributed by atoms with Crippen LogP contribution in [0.5, 0.6) is 5.88 Å². The number of methoxy groups -OCH3 is 1. The molecule has 1 aromatic rings. The van der Waals surface area contributed by atoms with Gasteiger partial charge in [0, 0.05) is 12.3 Å². The predicted octanol–water partition coefficient (Wildman–Crippen LogP) is 1.74. The van der Waals surface area contributed by atoms with Crippen molar-refractivity contribution in [3.63, 3.8) is 0 Å². The van der Waals surface area contributed by atoms with Crippen molar-refractivity contribution in [2.45, 2.75) is 26.4 Å². The molecule has 0 spiro atoms. The number of hydrogen-bond donors (Lipinski definition) is 1. The maximum absolute atomic E-state index is 11.8. The lowest BCUT2D eigenvalue weighted by molar-refractivity contribution is 0.00653. The van der Waals surface area contributed by atoms with Crippen LogP contribution in [0.2, 0.25) is 0 Å². The Morgan fingerprint density at radius 1 is 1.28 bits per heavy atom. The van der Waals surface area contributed by atoms with Gasteiger partial charge in [0.2, 0.25) is 5.88 Å². The van der Waals surface area contributed by atoms with Crippen LogP contribution >= 0.6 is 0 Å². The quantitative estimate of drug-likeness (QED) is 0.826. The lowest BCUT2D eigenvalue weighted by Crippen LogP contribution is -2.25. The van der Waals surface area contributed by atoms with E-state index in [9.17, 15) is 9.59 Å². The molecule has 98 valence electrons. The molecule has 0 bridgehead atoms. The van der Waals surface area contributed by atoms with Crippen LogP contribution < -0.4 is 4.74 Å². The number of pyridine rings is 1. The van der Waals surface area contributed by atoms with Crippen LogP contribution in [0.15, 0.2) is 12.3 Å². The fourth-order valence-electron chi connectivity index (χ4n) is 1.22. The Morgan fingerprint density at radius 2 is 1.89 bits per heavy atom. The van der Waals surface area contributed by atoms with Gasteiger partial charge >= 0.3 is 11.9 Å². The summed E-state index contributed by atoms with van der Waals surface area (Å²) in [6.45, 7) is 5.09. The number of ether oxygens (including phenoxy) is 2. The number of nitrogens with zero attached hydrogens (tertiary/aromatic N) is 1. The van der Waals surface area contributed by atoms with Crippen LogP contribution in [-0.2, 0) is 4.74 Å². The molecule has 0 amide bonds. The summed E-state index contributed by atoms with van der Waals surface area (Å²) >= 11 is 0. The SMILES string of the molecule is COc1cc(C(=O)O)c(C(=O)OC(C)(C)C)cn1. The van der Waals surface area contributed by atoms with Crippen LogP contribution in [0.25, 0.3) is 0 Å². The predicted molar refractivity (Wildman–Crippen MR) is 62.9 cm³/mol. The molecule has 0 saturated heterocycles. The molecule has 0 aliphatic heterocycles. The molecule has 0 aliphatic rings. The van der Waals surface area contributed by atoms with Crippen molar-refractivity contribution in [2.75, 3.05) is 7.11 Å². The number of hydrogen-bond acceptors (Lipinski definition) is 5. The molecule has 1 aromatic heterocycles. The third-order valence-electron chi connectivity index (χ3n) is 1.94. The van der Waals surface area contributed by atoms with Crippen molar-refractivity contribution < 1.29 is 24.2 Å². The average molecular weight is 253 g/mol. The summed E-state index contributed by atoms with van der Waals surface area (Å²) < 4.78 is 9.92. The van der Waals surface area contributed by atoms with E-state index in [4.69, 9.17) is 14.6 Å². The van der Waals surface area contributed by atoms with E-state index in [1.54, 1.807) is 20.8 Å². The number of carbonyl (C=O) groups excluding carboxylic acids is 1. The van der Waals surface area contributed by atoms with Crippen LogP contribution in [0.3, 0.4) is 0 Å². The van der Waals surface area contributed by atoms with Crippen LogP contribution in [0.1, 0.15) is 41.5 Å². The van der Waals surface area contributed by atoms with Gasteiger partial charge in [0.1, 0.15) is 5.60 Å². The van der Waals surface area contributed by atoms with Crippen molar-refractivity contribution >= 4 is 11.9 Å². The first kappa shape index (κ1) is 14.0. The van der Waals surface area contributed by atoms with Crippen molar-refractivity contribution in [3.05, 3.63) is 23.4 Å². The van der Waals surface area contributed by atoms with Crippen molar-refractivity contribution in [3.8, 4) is 5.88 Å². The number of carboxylic acids is 1. The molecule has 0 unspecified atom stereocenters. The summed E-state index contributed by atoms with van der Waals surface area (Å²) in [4.78, 5) is 26.7. The highest BCUT2D eigenvalue weighted by atomic mass is 16.6. The number of esters is 1. The molecule has 1 N–H and O–H groups in total. The molecular formula is C12H15NO5. The summed E-state index contributed by atoms with van der Waals surface area (Å²) in [5.41, 5.74) is -0.999. The third-order valence-corrected chi connectivity index (χ3v) is 1.94. The third kappa shape index (κ3) is 3.44. The second kappa shape index (κ2) is 5.03. The molecule has 6 nitrogen and oxygen atoms in total.